The molecule has 2 rings (SSSR count). The van der Waals surface area contributed by atoms with Crippen LogP contribution in [0.2, 0.25) is 0 Å². The van der Waals surface area contributed by atoms with Gasteiger partial charge in [-0.2, -0.15) is 10.4 Å². The van der Waals surface area contributed by atoms with Crippen LogP contribution in [0.15, 0.2) is 43.1 Å². The van der Waals surface area contributed by atoms with Crippen molar-refractivity contribution in [3.05, 3.63) is 59.4 Å². The smallest absolute Gasteiger partial charge is 0.200 e. The molecule has 22 heavy (non-hydrogen) atoms. The summed E-state index contributed by atoms with van der Waals surface area (Å²) in [6, 6.07) is 3.11. The summed E-state index contributed by atoms with van der Waals surface area (Å²) >= 11 is 5.23. The third-order valence-corrected chi connectivity index (χ3v) is 3.24. The zero-order chi connectivity index (χ0) is 16.3. The van der Waals surface area contributed by atoms with E-state index in [9.17, 15) is 4.39 Å². The van der Waals surface area contributed by atoms with Crippen LogP contribution in [0.25, 0.3) is 17.1 Å². The third kappa shape index (κ3) is 2.64. The number of pyridine rings is 1. The normalized spacial score (nSPS) is 11.0. The van der Waals surface area contributed by atoms with Gasteiger partial charge in [-0.05, 0) is 30.8 Å². The maximum Gasteiger partial charge on any atom is 0.200 e. The first-order valence-corrected chi connectivity index (χ1v) is 6.66. The molecule has 0 aliphatic carbocycles. The number of nitrogens with zero attached hydrogens (tertiary/aromatic N) is 4. The van der Waals surface area contributed by atoms with E-state index in [0.29, 0.717) is 16.0 Å². The van der Waals surface area contributed by atoms with E-state index < -0.39 is 5.82 Å². The molecular weight excluding hydrogens is 301 g/mol. The van der Waals surface area contributed by atoms with Crippen molar-refractivity contribution in [3.8, 4) is 17.5 Å². The van der Waals surface area contributed by atoms with Crippen molar-refractivity contribution in [3.63, 3.8) is 0 Å². The summed E-state index contributed by atoms with van der Waals surface area (Å²) in [7, 11) is 0. The number of H-pyrrole nitrogens is 1. The Balaban J connectivity index is 2.79. The maximum atomic E-state index is 13.5. The van der Waals surface area contributed by atoms with Crippen LogP contribution in [0.4, 0.5) is 4.39 Å². The Labute approximate surface area is 131 Å². The molecule has 0 aromatic carbocycles. The molecule has 0 aliphatic heterocycles. The highest BCUT2D eigenvalue weighted by atomic mass is 32.1. The van der Waals surface area contributed by atoms with Gasteiger partial charge in [-0.15, -0.1) is 0 Å². The highest BCUT2D eigenvalue weighted by molar-refractivity contribution is 7.71. The minimum atomic E-state index is -0.570. The second-order valence-electron chi connectivity index (χ2n) is 4.25. The van der Waals surface area contributed by atoms with Crippen molar-refractivity contribution in [1.29, 1.82) is 5.26 Å². The zero-order valence-corrected chi connectivity index (χ0v) is 12.6. The van der Waals surface area contributed by atoms with Gasteiger partial charge in [0.05, 0.1) is 17.5 Å². The Hall–Kier alpha value is -2.85. The Morgan fingerprint density at radius 3 is 2.91 bits per heavy atom. The summed E-state index contributed by atoms with van der Waals surface area (Å²) < 4.78 is 15.4. The lowest BCUT2D eigenvalue weighted by molar-refractivity contribution is 0.621. The summed E-state index contributed by atoms with van der Waals surface area (Å²) in [5.74, 6) is -0.288. The first-order chi connectivity index (χ1) is 10.5. The van der Waals surface area contributed by atoms with E-state index in [0.717, 1.165) is 6.20 Å². The van der Waals surface area contributed by atoms with Crippen LogP contribution in [0, 0.1) is 21.9 Å². The van der Waals surface area contributed by atoms with Gasteiger partial charge in [0, 0.05) is 0 Å². The number of nitrogens with one attached hydrogen (secondary N) is 1. The topological polar surface area (TPSA) is 70.3 Å². The van der Waals surface area contributed by atoms with Crippen LogP contribution in [-0.2, 0) is 0 Å². The summed E-state index contributed by atoms with van der Waals surface area (Å²) in [5, 5.41) is 15.9. The van der Waals surface area contributed by atoms with Gasteiger partial charge >= 0.3 is 0 Å². The van der Waals surface area contributed by atoms with E-state index in [4.69, 9.17) is 17.5 Å². The minimum absolute atomic E-state index is 0.0521. The molecular formula is C15H12FN5S. The molecule has 110 valence electrons. The predicted molar refractivity (Wildman–Crippen MR) is 84.6 cm³/mol. The van der Waals surface area contributed by atoms with Crippen molar-refractivity contribution < 1.29 is 4.39 Å². The van der Waals surface area contributed by atoms with Gasteiger partial charge in [0.1, 0.15) is 11.9 Å². The molecule has 0 aliphatic rings. The van der Waals surface area contributed by atoms with E-state index >= 15 is 0 Å². The number of halogens is 1. The molecule has 0 spiro atoms. The van der Waals surface area contributed by atoms with Gasteiger partial charge in [-0.1, -0.05) is 25.3 Å². The highest BCUT2D eigenvalue weighted by Gasteiger charge is 2.18. The molecule has 0 radical (unpaired) electrons. The molecule has 2 aromatic heterocycles. The van der Waals surface area contributed by atoms with Gasteiger partial charge in [0.2, 0.25) is 0 Å². The molecule has 0 saturated heterocycles. The van der Waals surface area contributed by atoms with E-state index in [1.54, 1.807) is 23.6 Å². The van der Waals surface area contributed by atoms with Crippen molar-refractivity contribution in [2.75, 3.05) is 0 Å². The molecule has 5 nitrogen and oxygen atoms in total. The van der Waals surface area contributed by atoms with Gasteiger partial charge in [-0.3, -0.25) is 9.67 Å². The van der Waals surface area contributed by atoms with E-state index in [-0.39, 0.29) is 17.1 Å². The van der Waals surface area contributed by atoms with Crippen LogP contribution in [0.1, 0.15) is 12.6 Å². The van der Waals surface area contributed by atoms with E-state index in [1.165, 1.54) is 6.07 Å². The number of aromatic amines is 1. The van der Waals surface area contributed by atoms with Crippen LogP contribution < -0.4 is 0 Å². The van der Waals surface area contributed by atoms with E-state index in [1.807, 2.05) is 6.07 Å². The summed E-state index contributed by atoms with van der Waals surface area (Å²) in [5.41, 5.74) is 1.54. The van der Waals surface area contributed by atoms with Crippen LogP contribution >= 0.6 is 12.2 Å². The highest BCUT2D eigenvalue weighted by Crippen LogP contribution is 2.26. The van der Waals surface area contributed by atoms with Gasteiger partial charge in [0.15, 0.2) is 16.3 Å². The fourth-order valence-corrected chi connectivity index (χ4v) is 2.19. The Kier molecular flexibility index (Phi) is 4.44. The lowest BCUT2D eigenvalue weighted by Crippen LogP contribution is -2.03. The number of nitriles is 1. The van der Waals surface area contributed by atoms with Gasteiger partial charge in [-0.25, -0.2) is 9.37 Å². The molecule has 2 aromatic rings. The number of allylic oxidation sites excluding steroid dienone is 4. The molecule has 0 atom stereocenters. The molecule has 0 saturated carbocycles. The average Bonchev–Trinajstić information content (AvgIpc) is 2.89. The van der Waals surface area contributed by atoms with E-state index in [2.05, 4.69) is 28.3 Å². The van der Waals surface area contributed by atoms with Crippen molar-refractivity contribution in [2.24, 2.45) is 0 Å². The molecule has 1 N–H and O–H groups in total. The molecule has 0 fully saturated rings. The largest absolute Gasteiger partial charge is 0.268 e. The first kappa shape index (κ1) is 15.5. The summed E-state index contributed by atoms with van der Waals surface area (Å²) in [6.45, 7) is 9.37. The first-order valence-electron chi connectivity index (χ1n) is 6.25. The van der Waals surface area contributed by atoms with Crippen molar-refractivity contribution in [1.82, 2.24) is 19.7 Å². The number of aromatic nitrogens is 4. The molecule has 0 unspecified atom stereocenters. The average molecular weight is 313 g/mol. The van der Waals surface area contributed by atoms with Crippen LogP contribution in [0.3, 0.4) is 0 Å². The van der Waals surface area contributed by atoms with Crippen molar-refractivity contribution >= 4 is 17.9 Å². The lowest BCUT2D eigenvalue weighted by atomic mass is 10.1. The molecule has 7 heteroatoms. The standard InChI is InChI=1S/C15H12FN5S/c1-4-9(3)13(5-2)21-14(19-20-15(21)22)11-6-10(16)8-18-12(11)7-17/h4-6,8H,1,3H2,2H3,(H,20,22)/b13-5+. The molecule has 0 amide bonds. The Morgan fingerprint density at radius 2 is 2.32 bits per heavy atom. The maximum absolute atomic E-state index is 13.5. The SMILES string of the molecule is C=CC(=C)/C(=C\C)n1c(-c2cc(F)cnc2C#N)n[nH]c1=S. The molecule has 2 heterocycles. The fourth-order valence-electron chi connectivity index (χ4n) is 1.96. The Bertz CT molecular complexity index is 882. The Morgan fingerprint density at radius 1 is 1.59 bits per heavy atom. The van der Waals surface area contributed by atoms with Gasteiger partial charge < -0.3 is 0 Å². The van der Waals surface area contributed by atoms with Crippen molar-refractivity contribution in [2.45, 2.75) is 6.92 Å². The third-order valence-electron chi connectivity index (χ3n) is 2.96. The zero-order valence-electron chi connectivity index (χ0n) is 11.8. The second kappa shape index (κ2) is 6.28. The quantitative estimate of drug-likeness (QED) is 0.691. The fraction of sp³-hybridized carbons (Fsp3) is 0.0667. The number of rotatable bonds is 4. The van der Waals surface area contributed by atoms with Crippen LogP contribution in [-0.4, -0.2) is 19.7 Å². The van der Waals surface area contributed by atoms with Crippen LogP contribution in [0.5, 0.6) is 0 Å². The lowest BCUT2D eigenvalue weighted by Gasteiger charge is -2.11. The number of hydrogen-bond donors (Lipinski definition) is 1. The predicted octanol–water partition coefficient (Wildman–Crippen LogP) is 3.62. The molecule has 0 bridgehead atoms. The second-order valence-corrected chi connectivity index (χ2v) is 4.64. The van der Waals surface area contributed by atoms with Gasteiger partial charge in [0.25, 0.3) is 0 Å². The minimum Gasteiger partial charge on any atom is -0.268 e. The number of hydrogen-bond acceptors (Lipinski definition) is 4. The summed E-state index contributed by atoms with van der Waals surface area (Å²) in [4.78, 5) is 3.77. The monoisotopic (exact) mass is 313 g/mol. The summed E-state index contributed by atoms with van der Waals surface area (Å²) in [6.07, 6.45) is 4.33.